The predicted molar refractivity (Wildman–Crippen MR) is 101 cm³/mol. The number of nitrogens with two attached hydrogens (primary N) is 1. The molecule has 0 radical (unpaired) electrons. The van der Waals surface area contributed by atoms with E-state index in [0.717, 1.165) is 16.8 Å². The molecule has 1 fully saturated rings. The maximum Gasteiger partial charge on any atom is 0.240 e. The summed E-state index contributed by atoms with van der Waals surface area (Å²) in [5.41, 5.74) is 9.18. The third-order valence-electron chi connectivity index (χ3n) is 4.62. The third-order valence-corrected chi connectivity index (χ3v) is 4.62. The van der Waals surface area contributed by atoms with E-state index in [1.807, 2.05) is 42.5 Å². The molecule has 8 heteroatoms. The Kier molecular flexibility index (Phi) is 4.23. The van der Waals surface area contributed by atoms with Crippen LogP contribution in [0.1, 0.15) is 12.5 Å². The summed E-state index contributed by atoms with van der Waals surface area (Å²) in [7, 11) is 0. The Morgan fingerprint density at radius 2 is 1.93 bits per heavy atom. The number of nitrogen functional groups attached to an aromatic ring is 1. The zero-order chi connectivity index (χ0) is 19.0. The molecular formula is C19H20N6O2. The van der Waals surface area contributed by atoms with E-state index in [0.29, 0.717) is 25.2 Å². The highest BCUT2D eigenvalue weighted by atomic mass is 16.2. The van der Waals surface area contributed by atoms with Crippen LogP contribution in [0.3, 0.4) is 0 Å². The van der Waals surface area contributed by atoms with Crippen LogP contribution in [0.5, 0.6) is 0 Å². The Hall–Kier alpha value is -3.42. The Balaban J connectivity index is 1.43. The number of hydrogen-bond donors (Lipinski definition) is 2. The Morgan fingerprint density at radius 1 is 1.19 bits per heavy atom. The Bertz CT molecular complexity index is 1000. The lowest BCUT2D eigenvalue weighted by atomic mass is 10.0. The molecule has 0 aliphatic carbocycles. The van der Waals surface area contributed by atoms with Gasteiger partial charge >= 0.3 is 0 Å². The highest BCUT2D eigenvalue weighted by Crippen LogP contribution is 2.21. The quantitative estimate of drug-likeness (QED) is 0.714. The van der Waals surface area contributed by atoms with Gasteiger partial charge in [-0.15, -0.1) is 5.10 Å². The molecule has 27 heavy (non-hydrogen) atoms. The van der Waals surface area contributed by atoms with E-state index in [1.165, 1.54) is 6.92 Å². The summed E-state index contributed by atoms with van der Waals surface area (Å²) in [4.78, 5) is 29.3. The van der Waals surface area contributed by atoms with Gasteiger partial charge in [-0.1, -0.05) is 30.3 Å². The van der Waals surface area contributed by atoms with E-state index in [4.69, 9.17) is 5.73 Å². The number of nitrogens with one attached hydrogen (secondary N) is 1. The highest BCUT2D eigenvalue weighted by molar-refractivity contribution is 5.80. The first-order chi connectivity index (χ1) is 13.0. The third kappa shape index (κ3) is 3.46. The second-order valence-corrected chi connectivity index (χ2v) is 6.72. The topological polar surface area (TPSA) is 106 Å². The summed E-state index contributed by atoms with van der Waals surface area (Å²) in [5, 5.41) is 7.04. The molecule has 0 unspecified atom stereocenters. The molecule has 1 saturated heterocycles. The van der Waals surface area contributed by atoms with E-state index < -0.39 is 0 Å². The molecule has 0 spiro atoms. The first-order valence-electron chi connectivity index (χ1n) is 8.75. The van der Waals surface area contributed by atoms with Gasteiger partial charge in [0.25, 0.3) is 0 Å². The molecule has 4 rings (SSSR count). The molecule has 3 N–H and O–H groups in total. The smallest absolute Gasteiger partial charge is 0.240 e. The molecule has 2 aromatic heterocycles. The number of carbonyl (C=O) groups excluding carboxylic acids is 2. The summed E-state index contributed by atoms with van der Waals surface area (Å²) in [6.07, 6.45) is 0.341. The van der Waals surface area contributed by atoms with Crippen LogP contribution in [0.15, 0.2) is 42.5 Å². The predicted octanol–water partition coefficient (Wildman–Crippen LogP) is 0.868. The van der Waals surface area contributed by atoms with Crippen LogP contribution >= 0.6 is 0 Å². The number of anilines is 1. The number of fused-ring (bicyclic) bond motifs is 1. The largest absolute Gasteiger partial charge is 0.366 e. The van der Waals surface area contributed by atoms with Crippen molar-refractivity contribution < 1.29 is 9.59 Å². The van der Waals surface area contributed by atoms with Gasteiger partial charge in [-0.05, 0) is 17.7 Å². The monoisotopic (exact) mass is 364 g/mol. The average Bonchev–Trinajstić information content (AvgIpc) is 2.98. The van der Waals surface area contributed by atoms with Gasteiger partial charge < -0.3 is 16.0 Å². The van der Waals surface area contributed by atoms with Crippen molar-refractivity contribution in [2.45, 2.75) is 19.4 Å². The number of likely N-dealkylation sites (tertiary alicyclic amines) is 1. The lowest BCUT2D eigenvalue weighted by Crippen LogP contribution is -2.60. The zero-order valence-electron chi connectivity index (χ0n) is 14.9. The van der Waals surface area contributed by atoms with Crippen molar-refractivity contribution in [3.05, 3.63) is 48.0 Å². The van der Waals surface area contributed by atoms with E-state index in [2.05, 4.69) is 15.4 Å². The second-order valence-electron chi connectivity index (χ2n) is 6.72. The molecule has 0 atom stereocenters. The number of pyridine rings is 1. The molecule has 3 heterocycles. The van der Waals surface area contributed by atoms with Crippen molar-refractivity contribution in [2.75, 3.05) is 18.8 Å². The standard InChI is InChI=1S/C19H20N6O2/c1-12(26)21-15-10-24(11-15)18(27)9-13-5-7-14(8-6-13)16-3-2-4-17-22-19(20)23-25(16)17/h2-8,15H,9-11H2,1H3,(H2,20,23)(H,21,26). The van der Waals surface area contributed by atoms with E-state index >= 15 is 0 Å². The van der Waals surface area contributed by atoms with Gasteiger partial charge in [0.1, 0.15) is 0 Å². The number of benzene rings is 1. The van der Waals surface area contributed by atoms with E-state index in [1.54, 1.807) is 9.42 Å². The summed E-state index contributed by atoms with van der Waals surface area (Å²) < 4.78 is 1.71. The van der Waals surface area contributed by atoms with Gasteiger partial charge in [-0.25, -0.2) is 4.52 Å². The van der Waals surface area contributed by atoms with Gasteiger partial charge in [-0.3, -0.25) is 9.59 Å². The van der Waals surface area contributed by atoms with Crippen molar-refractivity contribution in [1.82, 2.24) is 24.8 Å². The first-order valence-corrected chi connectivity index (χ1v) is 8.75. The fourth-order valence-electron chi connectivity index (χ4n) is 3.28. The van der Waals surface area contributed by atoms with Crippen LogP contribution in [0.4, 0.5) is 5.95 Å². The molecule has 1 aromatic carbocycles. The van der Waals surface area contributed by atoms with Gasteiger partial charge in [0, 0.05) is 25.6 Å². The molecule has 1 aliphatic rings. The Labute approximate surface area is 156 Å². The number of carbonyl (C=O) groups is 2. The minimum absolute atomic E-state index is 0.0631. The Morgan fingerprint density at radius 3 is 2.63 bits per heavy atom. The van der Waals surface area contributed by atoms with E-state index in [9.17, 15) is 9.59 Å². The van der Waals surface area contributed by atoms with Crippen molar-refractivity contribution in [3.63, 3.8) is 0 Å². The lowest BCUT2D eigenvalue weighted by molar-refractivity contribution is -0.137. The molecule has 138 valence electrons. The number of hydrogen-bond acceptors (Lipinski definition) is 5. The molecule has 0 bridgehead atoms. The normalized spacial score (nSPS) is 14.2. The minimum atomic E-state index is -0.0631. The molecule has 1 aliphatic heterocycles. The van der Waals surface area contributed by atoms with Gasteiger partial charge in [-0.2, -0.15) is 4.98 Å². The van der Waals surface area contributed by atoms with Crippen LogP contribution < -0.4 is 11.1 Å². The second kappa shape index (κ2) is 6.71. The van der Waals surface area contributed by atoms with Crippen molar-refractivity contribution in [1.29, 1.82) is 0 Å². The van der Waals surface area contributed by atoms with Crippen molar-refractivity contribution in [2.24, 2.45) is 0 Å². The lowest BCUT2D eigenvalue weighted by Gasteiger charge is -2.39. The van der Waals surface area contributed by atoms with Crippen LogP contribution in [-0.2, 0) is 16.0 Å². The summed E-state index contributed by atoms with van der Waals surface area (Å²) in [6.45, 7) is 2.64. The number of rotatable bonds is 4. The maximum absolute atomic E-state index is 12.3. The molecular weight excluding hydrogens is 344 g/mol. The maximum atomic E-state index is 12.3. The SMILES string of the molecule is CC(=O)NC1CN(C(=O)Cc2ccc(-c3cccc4nc(N)nn34)cc2)C1. The van der Waals surface area contributed by atoms with Crippen molar-refractivity contribution >= 4 is 23.4 Å². The van der Waals surface area contributed by atoms with Gasteiger partial charge in [0.05, 0.1) is 18.2 Å². The zero-order valence-corrected chi connectivity index (χ0v) is 14.9. The summed E-state index contributed by atoms with van der Waals surface area (Å²) in [6, 6.07) is 13.6. The van der Waals surface area contributed by atoms with Gasteiger partial charge in [0.2, 0.25) is 17.8 Å². The van der Waals surface area contributed by atoms with Crippen LogP contribution in [-0.4, -0.2) is 50.4 Å². The molecule has 3 aromatic rings. The number of amides is 2. The van der Waals surface area contributed by atoms with E-state index in [-0.39, 0.29) is 23.8 Å². The fraction of sp³-hybridized carbons (Fsp3) is 0.263. The molecule has 0 saturated carbocycles. The van der Waals surface area contributed by atoms with Crippen molar-refractivity contribution in [3.8, 4) is 11.3 Å². The molecule has 8 nitrogen and oxygen atoms in total. The van der Waals surface area contributed by atoms with Crippen LogP contribution in [0.2, 0.25) is 0 Å². The number of aromatic nitrogens is 3. The highest BCUT2D eigenvalue weighted by Gasteiger charge is 2.30. The first kappa shape index (κ1) is 17.0. The summed E-state index contributed by atoms with van der Waals surface area (Å²) >= 11 is 0. The minimum Gasteiger partial charge on any atom is -0.366 e. The van der Waals surface area contributed by atoms with Crippen LogP contribution in [0, 0.1) is 0 Å². The van der Waals surface area contributed by atoms with Gasteiger partial charge in [0.15, 0.2) is 5.65 Å². The number of nitrogens with zero attached hydrogens (tertiary/aromatic N) is 4. The molecule has 2 amide bonds. The summed E-state index contributed by atoms with van der Waals surface area (Å²) in [5.74, 6) is 0.235. The fourth-order valence-corrected chi connectivity index (χ4v) is 3.28. The average molecular weight is 364 g/mol. The van der Waals surface area contributed by atoms with Crippen LogP contribution in [0.25, 0.3) is 16.9 Å².